The Kier molecular flexibility index (Phi) is 3.36. The summed E-state index contributed by atoms with van der Waals surface area (Å²) in [5, 5.41) is -1.44. The lowest BCUT2D eigenvalue weighted by Crippen LogP contribution is -2.43. The number of amides is 1. The van der Waals surface area contributed by atoms with Crippen LogP contribution >= 0.6 is 11.6 Å². The van der Waals surface area contributed by atoms with Crippen molar-refractivity contribution in [1.29, 1.82) is 0 Å². The van der Waals surface area contributed by atoms with E-state index in [0.717, 1.165) is 0 Å². The second kappa shape index (κ2) is 4.33. The Balaban J connectivity index is 2.81. The molecule has 0 heterocycles. The zero-order valence-corrected chi connectivity index (χ0v) is 8.62. The van der Waals surface area contributed by atoms with Crippen LogP contribution < -0.4 is 10.5 Å². The van der Waals surface area contributed by atoms with Gasteiger partial charge in [0.05, 0.1) is 0 Å². The molecule has 0 spiro atoms. The summed E-state index contributed by atoms with van der Waals surface area (Å²) in [6.45, 7) is 1.74. The van der Waals surface area contributed by atoms with Crippen molar-refractivity contribution in [1.82, 2.24) is 0 Å². The van der Waals surface area contributed by atoms with Crippen molar-refractivity contribution in [2.75, 3.05) is 0 Å². The Morgan fingerprint density at radius 3 is 2.50 bits per heavy atom. The molecule has 1 aromatic rings. The van der Waals surface area contributed by atoms with Crippen LogP contribution in [0.1, 0.15) is 13.3 Å². The van der Waals surface area contributed by atoms with E-state index >= 15 is 0 Å². The maximum atomic E-state index is 11.0. The minimum atomic E-state index is -1.44. The Morgan fingerprint density at radius 2 is 2.07 bits per heavy atom. The third-order valence-corrected chi connectivity index (χ3v) is 2.38. The zero-order chi connectivity index (χ0) is 10.6. The smallest absolute Gasteiger partial charge is 0.277 e. The van der Waals surface area contributed by atoms with E-state index < -0.39 is 11.0 Å². The van der Waals surface area contributed by atoms with Crippen molar-refractivity contribution in [2.24, 2.45) is 5.73 Å². The summed E-state index contributed by atoms with van der Waals surface area (Å²) in [5.41, 5.74) is 5.13. The molecule has 0 saturated carbocycles. The molecule has 1 aromatic carbocycles. The van der Waals surface area contributed by atoms with Gasteiger partial charge in [-0.1, -0.05) is 36.7 Å². The average Bonchev–Trinajstić information content (AvgIpc) is 2.19. The fraction of sp³-hybridized carbons (Fsp3) is 0.300. The van der Waals surface area contributed by atoms with Gasteiger partial charge in [0.25, 0.3) is 11.0 Å². The van der Waals surface area contributed by atoms with Crippen LogP contribution in [0.15, 0.2) is 30.3 Å². The number of primary amides is 1. The van der Waals surface area contributed by atoms with E-state index in [-0.39, 0.29) is 0 Å². The minimum Gasteiger partial charge on any atom is -0.463 e. The quantitative estimate of drug-likeness (QED) is 0.777. The number of alkyl halides is 1. The predicted molar refractivity (Wildman–Crippen MR) is 55.1 cm³/mol. The van der Waals surface area contributed by atoms with Crippen LogP contribution in [0.25, 0.3) is 0 Å². The lowest BCUT2D eigenvalue weighted by Gasteiger charge is -2.23. The fourth-order valence-corrected chi connectivity index (χ4v) is 1.06. The first-order valence-electron chi connectivity index (χ1n) is 4.31. The highest BCUT2D eigenvalue weighted by Gasteiger charge is 2.34. The Labute approximate surface area is 87.8 Å². The monoisotopic (exact) mass is 213 g/mol. The van der Waals surface area contributed by atoms with Gasteiger partial charge in [-0.05, 0) is 12.1 Å². The first kappa shape index (κ1) is 10.9. The number of carbonyl (C=O) groups excluding carboxylic acids is 1. The molecular weight excluding hydrogens is 202 g/mol. The van der Waals surface area contributed by atoms with Crippen molar-refractivity contribution in [2.45, 2.75) is 18.4 Å². The third kappa shape index (κ3) is 2.39. The summed E-state index contributed by atoms with van der Waals surface area (Å²) < 4.78 is 5.30. The van der Waals surface area contributed by atoms with Crippen LogP contribution in [0.5, 0.6) is 5.75 Å². The number of halogens is 1. The van der Waals surface area contributed by atoms with Crippen LogP contribution in [0.2, 0.25) is 0 Å². The van der Waals surface area contributed by atoms with Crippen molar-refractivity contribution in [3.63, 3.8) is 0 Å². The molecule has 0 aromatic heterocycles. The lowest BCUT2D eigenvalue weighted by atomic mass is 10.2. The second-order valence-corrected chi connectivity index (χ2v) is 3.47. The van der Waals surface area contributed by atoms with Crippen LogP contribution in [0, 0.1) is 0 Å². The Morgan fingerprint density at radius 1 is 1.50 bits per heavy atom. The van der Waals surface area contributed by atoms with Crippen LogP contribution in [-0.2, 0) is 4.79 Å². The highest BCUT2D eigenvalue weighted by atomic mass is 35.5. The summed E-state index contributed by atoms with van der Waals surface area (Å²) in [4.78, 5) is 11.0. The lowest BCUT2D eigenvalue weighted by molar-refractivity contribution is -0.127. The van der Waals surface area contributed by atoms with E-state index in [2.05, 4.69) is 0 Å². The molecule has 76 valence electrons. The molecule has 4 heteroatoms. The van der Waals surface area contributed by atoms with Crippen molar-refractivity contribution < 1.29 is 9.53 Å². The van der Waals surface area contributed by atoms with Gasteiger partial charge in [0.1, 0.15) is 5.75 Å². The van der Waals surface area contributed by atoms with Gasteiger partial charge in [0, 0.05) is 6.42 Å². The van der Waals surface area contributed by atoms with Crippen LogP contribution in [-0.4, -0.2) is 11.0 Å². The normalized spacial score (nSPS) is 14.4. The van der Waals surface area contributed by atoms with E-state index in [9.17, 15) is 4.79 Å². The van der Waals surface area contributed by atoms with E-state index in [4.69, 9.17) is 22.1 Å². The molecular formula is C10H12ClNO2. The van der Waals surface area contributed by atoms with Gasteiger partial charge in [-0.25, -0.2) is 0 Å². The van der Waals surface area contributed by atoms with Gasteiger partial charge in [0.15, 0.2) is 0 Å². The highest BCUT2D eigenvalue weighted by molar-refractivity contribution is 6.33. The van der Waals surface area contributed by atoms with Gasteiger partial charge in [0.2, 0.25) is 0 Å². The van der Waals surface area contributed by atoms with E-state index in [1.54, 1.807) is 31.2 Å². The number of para-hydroxylation sites is 1. The standard InChI is InChI=1S/C10H12ClNO2/c1-2-10(11,9(12)13)14-8-6-4-3-5-7-8/h3-7H,2H2,1H3,(H2,12,13). The summed E-state index contributed by atoms with van der Waals surface area (Å²) in [7, 11) is 0. The largest absolute Gasteiger partial charge is 0.463 e. The van der Waals surface area contributed by atoms with Gasteiger partial charge < -0.3 is 10.5 Å². The second-order valence-electron chi connectivity index (χ2n) is 2.86. The average molecular weight is 214 g/mol. The topological polar surface area (TPSA) is 52.3 Å². The van der Waals surface area contributed by atoms with Crippen molar-refractivity contribution in [3.05, 3.63) is 30.3 Å². The zero-order valence-electron chi connectivity index (χ0n) is 7.87. The van der Waals surface area contributed by atoms with Crippen molar-refractivity contribution in [3.8, 4) is 5.75 Å². The van der Waals surface area contributed by atoms with Gasteiger partial charge in [-0.3, -0.25) is 4.79 Å². The maximum Gasteiger partial charge on any atom is 0.277 e. The first-order chi connectivity index (χ1) is 6.58. The summed E-state index contributed by atoms with van der Waals surface area (Å²) in [6.07, 6.45) is 0.318. The SMILES string of the molecule is CCC(Cl)(Oc1ccccc1)C(N)=O. The first-order valence-corrected chi connectivity index (χ1v) is 4.69. The molecule has 0 fully saturated rings. The molecule has 3 nitrogen and oxygen atoms in total. The minimum absolute atomic E-state index is 0.318. The number of nitrogens with two attached hydrogens (primary N) is 1. The van der Waals surface area contributed by atoms with Crippen LogP contribution in [0.3, 0.4) is 0 Å². The summed E-state index contributed by atoms with van der Waals surface area (Å²) in [6, 6.07) is 8.87. The van der Waals surface area contributed by atoms with E-state index in [0.29, 0.717) is 12.2 Å². The molecule has 1 amide bonds. The fourth-order valence-electron chi connectivity index (χ4n) is 0.972. The maximum absolute atomic E-state index is 11.0. The number of ether oxygens (including phenoxy) is 1. The molecule has 0 aliphatic carbocycles. The molecule has 0 aliphatic heterocycles. The molecule has 2 N–H and O–H groups in total. The van der Waals surface area contributed by atoms with E-state index in [1.807, 2.05) is 6.07 Å². The van der Waals surface area contributed by atoms with E-state index in [1.165, 1.54) is 0 Å². The number of carbonyl (C=O) groups is 1. The summed E-state index contributed by atoms with van der Waals surface area (Å²) >= 11 is 5.90. The molecule has 0 saturated heterocycles. The number of hydrogen-bond acceptors (Lipinski definition) is 2. The molecule has 1 unspecified atom stereocenters. The molecule has 1 rings (SSSR count). The third-order valence-electron chi connectivity index (χ3n) is 1.85. The predicted octanol–water partition coefficient (Wildman–Crippen LogP) is 1.90. The number of benzene rings is 1. The number of rotatable bonds is 4. The Bertz CT molecular complexity index is 315. The van der Waals surface area contributed by atoms with Crippen LogP contribution in [0.4, 0.5) is 0 Å². The highest BCUT2D eigenvalue weighted by Crippen LogP contribution is 2.24. The van der Waals surface area contributed by atoms with Gasteiger partial charge >= 0.3 is 0 Å². The Hall–Kier alpha value is -1.22. The molecule has 1 atom stereocenters. The molecule has 0 bridgehead atoms. The molecule has 14 heavy (non-hydrogen) atoms. The van der Waals surface area contributed by atoms with Gasteiger partial charge in [-0.2, -0.15) is 0 Å². The van der Waals surface area contributed by atoms with Crippen molar-refractivity contribution >= 4 is 17.5 Å². The summed E-state index contributed by atoms with van der Waals surface area (Å²) in [5.74, 6) is -0.145. The molecule has 0 aliphatic rings. The molecule has 0 radical (unpaired) electrons. The number of hydrogen-bond donors (Lipinski definition) is 1. The van der Waals surface area contributed by atoms with Gasteiger partial charge in [-0.15, -0.1) is 0 Å².